The summed E-state index contributed by atoms with van der Waals surface area (Å²) in [5.41, 5.74) is 3.06. The topological polar surface area (TPSA) is 60.4 Å². The smallest absolute Gasteiger partial charge is 0.333 e. The normalized spacial score (nSPS) is 13.1. The lowest BCUT2D eigenvalue weighted by Gasteiger charge is -2.24. The summed E-state index contributed by atoms with van der Waals surface area (Å²) in [6.07, 6.45) is 1.69. The molecule has 4 nitrogen and oxygen atoms in total. The number of aryl methyl sites for hydroxylation is 1. The molecule has 2 atom stereocenters. The third-order valence-electron chi connectivity index (χ3n) is 5.53. The molecule has 0 spiro atoms. The fourth-order valence-electron chi connectivity index (χ4n) is 3.77. The molecule has 0 bridgehead atoms. The zero-order valence-electron chi connectivity index (χ0n) is 19.2. The first-order valence-corrected chi connectivity index (χ1v) is 11.0. The van der Waals surface area contributed by atoms with E-state index in [1.807, 2.05) is 55.5 Å². The van der Waals surface area contributed by atoms with E-state index in [9.17, 15) is 14.4 Å². The van der Waals surface area contributed by atoms with E-state index in [4.69, 9.17) is 4.74 Å². The predicted molar refractivity (Wildman–Crippen MR) is 129 cm³/mol. The first kappa shape index (κ1) is 23.9. The molecule has 33 heavy (non-hydrogen) atoms. The molecule has 168 valence electrons. The van der Waals surface area contributed by atoms with Gasteiger partial charge in [0.15, 0.2) is 11.6 Å². The molecule has 0 fully saturated rings. The maximum absolute atomic E-state index is 13.8. The molecule has 0 aliphatic rings. The van der Waals surface area contributed by atoms with Crippen molar-refractivity contribution in [2.45, 2.75) is 26.7 Å². The van der Waals surface area contributed by atoms with Crippen LogP contribution in [0.5, 0.6) is 0 Å². The quantitative estimate of drug-likeness (QED) is 0.178. The number of ketones is 2. The summed E-state index contributed by atoms with van der Waals surface area (Å²) in [5, 5.41) is 0. The minimum absolute atomic E-state index is 0.245. The monoisotopic (exact) mass is 440 g/mol. The van der Waals surface area contributed by atoms with Gasteiger partial charge in [-0.3, -0.25) is 9.59 Å². The second-order valence-electron chi connectivity index (χ2n) is 7.94. The molecule has 0 aliphatic heterocycles. The van der Waals surface area contributed by atoms with Gasteiger partial charge < -0.3 is 4.74 Å². The van der Waals surface area contributed by atoms with Crippen molar-refractivity contribution in [1.29, 1.82) is 0 Å². The largest absolute Gasteiger partial charge is 0.463 e. The molecule has 0 aromatic heterocycles. The van der Waals surface area contributed by atoms with Crippen molar-refractivity contribution in [2.75, 3.05) is 6.61 Å². The number of rotatable bonds is 9. The summed E-state index contributed by atoms with van der Waals surface area (Å²) in [7, 11) is 0. The highest BCUT2D eigenvalue weighted by molar-refractivity contribution is 6.17. The molecule has 2 unspecified atom stereocenters. The Hall–Kier alpha value is -3.79. The first-order chi connectivity index (χ1) is 15.9. The van der Waals surface area contributed by atoms with Crippen LogP contribution >= 0.6 is 0 Å². The van der Waals surface area contributed by atoms with Gasteiger partial charge in [0.05, 0.1) is 12.5 Å². The molecule has 3 rings (SSSR count). The van der Waals surface area contributed by atoms with E-state index in [2.05, 4.69) is 0 Å². The molecule has 0 radical (unpaired) electrons. The molecule has 0 amide bonds. The highest BCUT2D eigenvalue weighted by atomic mass is 16.5. The number of hydrogen-bond acceptors (Lipinski definition) is 4. The van der Waals surface area contributed by atoms with Crippen molar-refractivity contribution in [3.8, 4) is 0 Å². The average Bonchev–Trinajstić information content (AvgIpc) is 2.85. The van der Waals surface area contributed by atoms with E-state index in [-0.39, 0.29) is 18.2 Å². The van der Waals surface area contributed by atoms with Crippen LogP contribution < -0.4 is 0 Å². The molecule has 0 N–H and O–H groups in total. The molecular weight excluding hydrogens is 412 g/mol. The first-order valence-electron chi connectivity index (χ1n) is 11.0. The van der Waals surface area contributed by atoms with Gasteiger partial charge in [0, 0.05) is 22.6 Å². The standard InChI is InChI=1S/C29H28O4/c1-4-33-29(32)21(3)19-25(22-11-7-5-8-12-22)26(27(30)23-13-9-6-10-14-23)28(31)24-17-15-20(2)16-18-24/h5-19,25-26H,4H2,1-3H3/b21-19+. The van der Waals surface area contributed by atoms with Crippen LogP contribution in [0.4, 0.5) is 0 Å². The number of Topliss-reactive ketones (excluding diaryl/α,β-unsaturated/α-hetero) is 2. The SMILES string of the molecule is CCOC(=O)/C(C)=C/C(c1ccccc1)C(C(=O)c1ccccc1)C(=O)c1ccc(C)cc1. The van der Waals surface area contributed by atoms with Crippen molar-refractivity contribution >= 4 is 17.5 Å². The molecule has 0 saturated carbocycles. The molecule has 3 aromatic rings. The molecular formula is C29H28O4. The van der Waals surface area contributed by atoms with Crippen molar-refractivity contribution in [1.82, 2.24) is 0 Å². The molecule has 0 saturated heterocycles. The van der Waals surface area contributed by atoms with Gasteiger partial charge in [-0.1, -0.05) is 96.6 Å². The fourth-order valence-corrected chi connectivity index (χ4v) is 3.77. The van der Waals surface area contributed by atoms with Crippen LogP contribution in [-0.4, -0.2) is 24.1 Å². The number of benzene rings is 3. The Morgan fingerprint density at radius 3 is 1.85 bits per heavy atom. The van der Waals surface area contributed by atoms with E-state index in [1.54, 1.807) is 56.3 Å². The number of carbonyl (C=O) groups is 3. The molecule has 4 heteroatoms. The van der Waals surface area contributed by atoms with E-state index in [0.717, 1.165) is 11.1 Å². The number of hydrogen-bond donors (Lipinski definition) is 0. The van der Waals surface area contributed by atoms with Crippen molar-refractivity contribution < 1.29 is 19.1 Å². The van der Waals surface area contributed by atoms with Crippen molar-refractivity contribution in [2.24, 2.45) is 5.92 Å². The molecule has 0 aliphatic carbocycles. The molecule has 0 heterocycles. The van der Waals surface area contributed by atoms with Crippen LogP contribution in [0.2, 0.25) is 0 Å². The maximum Gasteiger partial charge on any atom is 0.333 e. The lowest BCUT2D eigenvalue weighted by Crippen LogP contribution is -2.30. The van der Waals surface area contributed by atoms with Crippen LogP contribution in [0.3, 0.4) is 0 Å². The predicted octanol–water partition coefficient (Wildman–Crippen LogP) is 5.97. The van der Waals surface area contributed by atoms with Gasteiger partial charge in [0.2, 0.25) is 0 Å². The Morgan fingerprint density at radius 2 is 1.30 bits per heavy atom. The van der Waals surface area contributed by atoms with E-state index < -0.39 is 17.8 Å². The minimum atomic E-state index is -1.04. The fraction of sp³-hybridized carbons (Fsp3) is 0.207. The lowest BCUT2D eigenvalue weighted by atomic mass is 9.76. The van der Waals surface area contributed by atoms with Crippen LogP contribution in [0, 0.1) is 12.8 Å². The third kappa shape index (κ3) is 5.92. The summed E-state index contributed by atoms with van der Waals surface area (Å²) in [5.74, 6) is -2.72. The highest BCUT2D eigenvalue weighted by Crippen LogP contribution is 2.33. The van der Waals surface area contributed by atoms with E-state index in [0.29, 0.717) is 16.7 Å². The Kier molecular flexibility index (Phi) is 8.09. The zero-order valence-corrected chi connectivity index (χ0v) is 19.2. The van der Waals surface area contributed by atoms with Gasteiger partial charge >= 0.3 is 5.97 Å². The van der Waals surface area contributed by atoms with Crippen LogP contribution in [0.1, 0.15) is 51.6 Å². The number of ether oxygens (including phenoxy) is 1. The zero-order chi connectivity index (χ0) is 23.8. The van der Waals surface area contributed by atoms with Crippen molar-refractivity contribution in [3.63, 3.8) is 0 Å². The van der Waals surface area contributed by atoms with Gasteiger partial charge in [0.25, 0.3) is 0 Å². The summed E-state index contributed by atoms with van der Waals surface area (Å²) in [6, 6.07) is 25.3. The number of esters is 1. The maximum atomic E-state index is 13.8. The van der Waals surface area contributed by atoms with E-state index in [1.165, 1.54) is 0 Å². The number of carbonyl (C=O) groups excluding carboxylic acids is 3. The second-order valence-corrected chi connectivity index (χ2v) is 7.94. The Balaban J connectivity index is 2.17. The summed E-state index contributed by atoms with van der Waals surface area (Å²) in [4.78, 5) is 39.9. The molecule has 3 aromatic carbocycles. The Morgan fingerprint density at radius 1 is 0.788 bits per heavy atom. The lowest BCUT2D eigenvalue weighted by molar-refractivity contribution is -0.138. The van der Waals surface area contributed by atoms with Crippen LogP contribution in [0.15, 0.2) is 96.6 Å². The highest BCUT2D eigenvalue weighted by Gasteiger charge is 2.36. The summed E-state index contributed by atoms with van der Waals surface area (Å²) >= 11 is 0. The Bertz CT molecular complexity index is 1130. The van der Waals surface area contributed by atoms with Gasteiger partial charge in [-0.2, -0.15) is 0 Å². The van der Waals surface area contributed by atoms with Crippen LogP contribution in [0.25, 0.3) is 0 Å². The van der Waals surface area contributed by atoms with Crippen LogP contribution in [-0.2, 0) is 9.53 Å². The summed E-state index contributed by atoms with van der Waals surface area (Å²) < 4.78 is 5.15. The van der Waals surface area contributed by atoms with E-state index >= 15 is 0 Å². The number of allylic oxidation sites excluding steroid dienone is 1. The average molecular weight is 441 g/mol. The van der Waals surface area contributed by atoms with Gasteiger partial charge in [0.1, 0.15) is 0 Å². The Labute approximate surface area is 194 Å². The second kappa shape index (κ2) is 11.2. The minimum Gasteiger partial charge on any atom is -0.463 e. The van der Waals surface area contributed by atoms with Gasteiger partial charge in [-0.05, 0) is 26.3 Å². The van der Waals surface area contributed by atoms with Gasteiger partial charge in [-0.15, -0.1) is 0 Å². The summed E-state index contributed by atoms with van der Waals surface area (Å²) in [6.45, 7) is 5.57. The van der Waals surface area contributed by atoms with Gasteiger partial charge in [-0.25, -0.2) is 4.79 Å². The van der Waals surface area contributed by atoms with Crippen molar-refractivity contribution in [3.05, 3.63) is 119 Å². The third-order valence-corrected chi connectivity index (χ3v) is 5.53.